The number of benzene rings is 1. The van der Waals surface area contributed by atoms with Crippen molar-refractivity contribution in [2.24, 2.45) is 17.6 Å². The largest absolute Gasteiger partial charge is 0.396 e. The minimum atomic E-state index is -0.0683. The molecule has 0 aliphatic carbocycles. The van der Waals surface area contributed by atoms with E-state index in [1.807, 2.05) is 30.3 Å². The van der Waals surface area contributed by atoms with Gasteiger partial charge in [0.2, 0.25) is 0 Å². The molecular formula is C12H19NO. The SMILES string of the molecule is CC(C)C(CO)C(N)c1ccccc1. The van der Waals surface area contributed by atoms with E-state index in [0.29, 0.717) is 5.92 Å². The lowest BCUT2D eigenvalue weighted by Gasteiger charge is -2.25. The van der Waals surface area contributed by atoms with Crippen molar-refractivity contribution in [3.05, 3.63) is 35.9 Å². The van der Waals surface area contributed by atoms with Gasteiger partial charge in [-0.1, -0.05) is 44.2 Å². The van der Waals surface area contributed by atoms with Gasteiger partial charge < -0.3 is 10.8 Å². The summed E-state index contributed by atoms with van der Waals surface area (Å²) in [6.45, 7) is 4.32. The van der Waals surface area contributed by atoms with Crippen LogP contribution in [0.15, 0.2) is 30.3 Å². The molecule has 0 radical (unpaired) electrons. The summed E-state index contributed by atoms with van der Waals surface area (Å²) >= 11 is 0. The summed E-state index contributed by atoms with van der Waals surface area (Å²) in [5.74, 6) is 0.535. The molecule has 1 aromatic carbocycles. The maximum atomic E-state index is 9.25. The Labute approximate surface area is 85.8 Å². The Balaban J connectivity index is 2.78. The van der Waals surface area contributed by atoms with E-state index in [2.05, 4.69) is 13.8 Å². The number of hydrogen-bond donors (Lipinski definition) is 2. The molecular weight excluding hydrogens is 174 g/mol. The van der Waals surface area contributed by atoms with Gasteiger partial charge in [-0.3, -0.25) is 0 Å². The summed E-state index contributed by atoms with van der Waals surface area (Å²) in [7, 11) is 0. The smallest absolute Gasteiger partial charge is 0.0479 e. The van der Waals surface area contributed by atoms with Crippen LogP contribution in [0.25, 0.3) is 0 Å². The Morgan fingerprint density at radius 2 is 1.79 bits per heavy atom. The Morgan fingerprint density at radius 1 is 1.21 bits per heavy atom. The van der Waals surface area contributed by atoms with Crippen LogP contribution in [0, 0.1) is 11.8 Å². The van der Waals surface area contributed by atoms with Crippen LogP contribution in [0.2, 0.25) is 0 Å². The number of rotatable bonds is 4. The zero-order valence-corrected chi connectivity index (χ0v) is 8.85. The van der Waals surface area contributed by atoms with Crippen molar-refractivity contribution < 1.29 is 5.11 Å². The quantitative estimate of drug-likeness (QED) is 0.767. The first-order chi connectivity index (χ1) is 6.66. The van der Waals surface area contributed by atoms with E-state index in [-0.39, 0.29) is 18.6 Å². The fraction of sp³-hybridized carbons (Fsp3) is 0.500. The topological polar surface area (TPSA) is 46.2 Å². The van der Waals surface area contributed by atoms with Crippen LogP contribution in [0.5, 0.6) is 0 Å². The molecule has 0 fully saturated rings. The summed E-state index contributed by atoms with van der Waals surface area (Å²) in [6.07, 6.45) is 0. The summed E-state index contributed by atoms with van der Waals surface area (Å²) in [6, 6.07) is 9.87. The first kappa shape index (κ1) is 11.2. The molecule has 0 spiro atoms. The molecule has 0 aromatic heterocycles. The molecule has 0 aliphatic heterocycles. The minimum absolute atomic E-state index is 0.0683. The maximum absolute atomic E-state index is 9.25. The third-order valence-corrected chi connectivity index (χ3v) is 2.71. The summed E-state index contributed by atoms with van der Waals surface area (Å²) < 4.78 is 0. The van der Waals surface area contributed by atoms with E-state index < -0.39 is 0 Å². The predicted octanol–water partition coefficient (Wildman–Crippen LogP) is 1.95. The highest BCUT2D eigenvalue weighted by atomic mass is 16.3. The molecule has 2 unspecified atom stereocenters. The highest BCUT2D eigenvalue weighted by Gasteiger charge is 2.21. The number of aliphatic hydroxyl groups excluding tert-OH is 1. The molecule has 0 saturated carbocycles. The molecule has 1 aromatic rings. The van der Waals surface area contributed by atoms with E-state index in [0.717, 1.165) is 5.56 Å². The van der Waals surface area contributed by atoms with Gasteiger partial charge in [0.1, 0.15) is 0 Å². The molecule has 3 N–H and O–H groups in total. The van der Waals surface area contributed by atoms with Gasteiger partial charge >= 0.3 is 0 Å². The number of hydrogen-bond acceptors (Lipinski definition) is 2. The fourth-order valence-corrected chi connectivity index (χ4v) is 1.66. The van der Waals surface area contributed by atoms with Crippen molar-refractivity contribution in [2.45, 2.75) is 19.9 Å². The third kappa shape index (κ3) is 2.56. The molecule has 78 valence electrons. The Bertz CT molecular complexity index is 258. The van der Waals surface area contributed by atoms with Crippen molar-refractivity contribution in [3.8, 4) is 0 Å². The van der Waals surface area contributed by atoms with Crippen LogP contribution < -0.4 is 5.73 Å². The van der Waals surface area contributed by atoms with Crippen LogP contribution in [0.3, 0.4) is 0 Å². The van der Waals surface area contributed by atoms with E-state index in [1.54, 1.807) is 0 Å². The van der Waals surface area contributed by atoms with Crippen molar-refractivity contribution in [3.63, 3.8) is 0 Å². The van der Waals surface area contributed by atoms with Crippen LogP contribution in [0.1, 0.15) is 25.5 Å². The van der Waals surface area contributed by atoms with Crippen LogP contribution in [-0.2, 0) is 0 Å². The Hall–Kier alpha value is -0.860. The molecule has 0 aliphatic rings. The molecule has 1 rings (SSSR count). The predicted molar refractivity (Wildman–Crippen MR) is 58.8 cm³/mol. The lowest BCUT2D eigenvalue weighted by Crippen LogP contribution is -2.28. The number of aliphatic hydroxyl groups is 1. The minimum Gasteiger partial charge on any atom is -0.396 e. The van der Waals surface area contributed by atoms with Gasteiger partial charge in [0.15, 0.2) is 0 Å². The van der Waals surface area contributed by atoms with Crippen molar-refractivity contribution in [1.82, 2.24) is 0 Å². The van der Waals surface area contributed by atoms with Crippen LogP contribution >= 0.6 is 0 Å². The Kier molecular flexibility index (Phi) is 4.11. The molecule has 2 atom stereocenters. The lowest BCUT2D eigenvalue weighted by molar-refractivity contribution is 0.166. The van der Waals surface area contributed by atoms with Gasteiger partial charge in [-0.2, -0.15) is 0 Å². The summed E-state index contributed by atoms with van der Waals surface area (Å²) in [5.41, 5.74) is 7.19. The molecule has 2 heteroatoms. The molecule has 0 bridgehead atoms. The molecule has 0 heterocycles. The van der Waals surface area contributed by atoms with E-state index in [9.17, 15) is 5.11 Å². The second kappa shape index (κ2) is 5.13. The molecule has 0 amide bonds. The van der Waals surface area contributed by atoms with Crippen LogP contribution in [-0.4, -0.2) is 11.7 Å². The standard InChI is InChI=1S/C12H19NO/c1-9(2)11(8-14)12(13)10-6-4-3-5-7-10/h3-7,9,11-12,14H,8,13H2,1-2H3. The van der Waals surface area contributed by atoms with E-state index in [1.165, 1.54) is 0 Å². The normalized spacial score (nSPS) is 15.5. The zero-order valence-electron chi connectivity index (χ0n) is 8.85. The number of nitrogens with two attached hydrogens (primary N) is 1. The second-order valence-corrected chi connectivity index (χ2v) is 4.03. The summed E-state index contributed by atoms with van der Waals surface area (Å²) in [4.78, 5) is 0. The maximum Gasteiger partial charge on any atom is 0.0479 e. The van der Waals surface area contributed by atoms with Crippen molar-refractivity contribution >= 4 is 0 Å². The van der Waals surface area contributed by atoms with Gasteiger partial charge in [-0.15, -0.1) is 0 Å². The van der Waals surface area contributed by atoms with E-state index >= 15 is 0 Å². The first-order valence-corrected chi connectivity index (χ1v) is 5.08. The zero-order chi connectivity index (χ0) is 10.6. The van der Waals surface area contributed by atoms with Crippen molar-refractivity contribution in [1.29, 1.82) is 0 Å². The van der Waals surface area contributed by atoms with E-state index in [4.69, 9.17) is 5.73 Å². The average molecular weight is 193 g/mol. The van der Waals surface area contributed by atoms with Gasteiger partial charge in [0, 0.05) is 18.6 Å². The molecule has 0 saturated heterocycles. The second-order valence-electron chi connectivity index (χ2n) is 4.03. The third-order valence-electron chi connectivity index (χ3n) is 2.71. The lowest BCUT2D eigenvalue weighted by atomic mass is 9.86. The van der Waals surface area contributed by atoms with Gasteiger partial charge in [-0.25, -0.2) is 0 Å². The molecule has 14 heavy (non-hydrogen) atoms. The van der Waals surface area contributed by atoms with Gasteiger partial charge in [0.25, 0.3) is 0 Å². The summed E-state index contributed by atoms with van der Waals surface area (Å²) in [5, 5.41) is 9.25. The monoisotopic (exact) mass is 193 g/mol. The van der Waals surface area contributed by atoms with Gasteiger partial charge in [-0.05, 0) is 11.5 Å². The van der Waals surface area contributed by atoms with Crippen molar-refractivity contribution in [2.75, 3.05) is 6.61 Å². The Morgan fingerprint density at radius 3 is 2.21 bits per heavy atom. The van der Waals surface area contributed by atoms with Gasteiger partial charge in [0.05, 0.1) is 0 Å². The average Bonchev–Trinajstić information content (AvgIpc) is 2.19. The highest BCUT2D eigenvalue weighted by molar-refractivity contribution is 5.19. The fourth-order valence-electron chi connectivity index (χ4n) is 1.66. The highest BCUT2D eigenvalue weighted by Crippen LogP contribution is 2.25. The first-order valence-electron chi connectivity index (χ1n) is 5.08. The molecule has 2 nitrogen and oxygen atoms in total. The van der Waals surface area contributed by atoms with Crippen LogP contribution in [0.4, 0.5) is 0 Å².